The van der Waals surface area contributed by atoms with Gasteiger partial charge in [0.2, 0.25) is 0 Å². The average molecular weight is 430 g/mol. The van der Waals surface area contributed by atoms with Crippen molar-refractivity contribution < 1.29 is 19.0 Å². The minimum Gasteiger partial charge on any atom is -0.493 e. The summed E-state index contributed by atoms with van der Waals surface area (Å²) >= 11 is 6.29. The number of nitrogens with one attached hydrogen (secondary N) is 1. The van der Waals surface area contributed by atoms with Crippen LogP contribution in [0.2, 0.25) is 0 Å². The van der Waals surface area contributed by atoms with Crippen LogP contribution < -0.4 is 19.5 Å². The fraction of sp³-hybridized carbons (Fsp3) is 0.273. The Morgan fingerprint density at radius 1 is 1.10 bits per heavy atom. The topological polar surface area (TPSA) is 56.8 Å². The third kappa shape index (κ3) is 5.52. The van der Waals surface area contributed by atoms with E-state index in [1.807, 2.05) is 38.1 Å². The molecule has 7 heteroatoms. The van der Waals surface area contributed by atoms with Crippen molar-refractivity contribution in [3.63, 3.8) is 0 Å². The molecule has 1 aliphatic rings. The normalized spacial score (nSPS) is 14.8. The molecule has 1 saturated heterocycles. The number of hydrogen-bond acceptors (Lipinski definition) is 6. The zero-order chi connectivity index (χ0) is 20.8. The highest BCUT2D eigenvalue weighted by molar-refractivity contribution is 8.26. The van der Waals surface area contributed by atoms with Gasteiger partial charge in [0, 0.05) is 12.0 Å². The van der Waals surface area contributed by atoms with Crippen molar-refractivity contribution >= 4 is 40.3 Å². The summed E-state index contributed by atoms with van der Waals surface area (Å²) in [5, 5.41) is 2.62. The highest BCUT2D eigenvalue weighted by Gasteiger charge is 2.23. The van der Waals surface area contributed by atoms with Crippen LogP contribution in [-0.2, 0) is 4.79 Å². The minimum atomic E-state index is -0.198. The molecule has 0 atom stereocenters. The largest absolute Gasteiger partial charge is 0.493 e. The Morgan fingerprint density at radius 2 is 1.90 bits per heavy atom. The van der Waals surface area contributed by atoms with Crippen molar-refractivity contribution in [3.8, 4) is 17.2 Å². The van der Waals surface area contributed by atoms with Crippen LogP contribution in [0.25, 0.3) is 6.08 Å². The highest BCUT2D eigenvalue weighted by Crippen LogP contribution is 2.35. The van der Waals surface area contributed by atoms with E-state index in [0.29, 0.717) is 40.4 Å². The zero-order valence-electron chi connectivity index (χ0n) is 16.6. The predicted molar refractivity (Wildman–Crippen MR) is 121 cm³/mol. The van der Waals surface area contributed by atoms with Crippen LogP contribution in [0.15, 0.2) is 41.3 Å². The lowest BCUT2D eigenvalue weighted by Crippen LogP contribution is -2.17. The zero-order valence-corrected chi connectivity index (χ0v) is 18.2. The molecule has 152 valence electrons. The smallest absolute Gasteiger partial charge is 0.263 e. The highest BCUT2D eigenvalue weighted by atomic mass is 32.2. The molecule has 2 aromatic rings. The lowest BCUT2D eigenvalue weighted by molar-refractivity contribution is -0.115. The van der Waals surface area contributed by atoms with Gasteiger partial charge in [-0.2, -0.15) is 0 Å². The molecule has 0 aliphatic carbocycles. The van der Waals surface area contributed by atoms with Gasteiger partial charge >= 0.3 is 0 Å². The molecule has 0 bridgehead atoms. The average Bonchev–Trinajstić information content (AvgIpc) is 3.01. The quantitative estimate of drug-likeness (QED) is 0.375. The number of methoxy groups -OCH3 is 1. The maximum Gasteiger partial charge on any atom is 0.263 e. The molecule has 1 aliphatic heterocycles. The van der Waals surface area contributed by atoms with Gasteiger partial charge in [-0.25, -0.2) is 0 Å². The molecule has 0 saturated carbocycles. The van der Waals surface area contributed by atoms with E-state index in [1.165, 1.54) is 17.3 Å². The molecular formula is C22H23NO4S2. The van der Waals surface area contributed by atoms with Gasteiger partial charge in [0.15, 0.2) is 11.5 Å². The molecule has 1 amide bonds. The maximum atomic E-state index is 12.0. The molecule has 0 spiro atoms. The third-order valence-electron chi connectivity index (χ3n) is 4.29. The van der Waals surface area contributed by atoms with Crippen LogP contribution in [0.4, 0.5) is 0 Å². The number of thiocarbonyl (C=S) groups is 1. The van der Waals surface area contributed by atoms with Gasteiger partial charge in [0.25, 0.3) is 5.91 Å². The van der Waals surface area contributed by atoms with Gasteiger partial charge in [0.05, 0.1) is 25.2 Å². The first-order valence-electron chi connectivity index (χ1n) is 9.22. The Bertz CT molecular complexity index is 956. The van der Waals surface area contributed by atoms with Crippen LogP contribution in [0, 0.1) is 13.8 Å². The van der Waals surface area contributed by atoms with Crippen LogP contribution in [-0.4, -0.2) is 30.6 Å². The van der Waals surface area contributed by atoms with Crippen molar-refractivity contribution in [2.24, 2.45) is 0 Å². The predicted octanol–water partition coefficient (Wildman–Crippen LogP) is 4.65. The molecule has 0 radical (unpaired) electrons. The minimum absolute atomic E-state index is 0.198. The summed E-state index contributed by atoms with van der Waals surface area (Å²) < 4.78 is 17.8. The van der Waals surface area contributed by atoms with Gasteiger partial charge in [-0.3, -0.25) is 4.79 Å². The van der Waals surface area contributed by atoms with E-state index in [4.69, 9.17) is 26.4 Å². The second kappa shape index (κ2) is 9.80. The standard InChI is InChI=1S/C22H23NO4S2/c1-14-8-9-15(2)18(12-14)26-10-5-11-27-20-16(6-4-7-17(20)25-3)13-19-21(24)23-22(28)29-19/h4,6-9,12-13H,5,10-11H2,1-3H3,(H,23,24,28)/b19-13-. The fourth-order valence-corrected chi connectivity index (χ4v) is 3.84. The molecule has 1 fully saturated rings. The SMILES string of the molecule is COc1cccc(/C=C2\SC(=S)NC2=O)c1OCCCOc1cc(C)ccc1C. The number of hydrogen-bond donors (Lipinski definition) is 1. The molecule has 0 aromatic heterocycles. The van der Waals surface area contributed by atoms with Crippen LogP contribution in [0.3, 0.4) is 0 Å². The second-order valence-electron chi connectivity index (χ2n) is 6.55. The summed E-state index contributed by atoms with van der Waals surface area (Å²) in [6.45, 7) is 5.08. The number of aryl methyl sites for hydroxylation is 2. The molecule has 3 rings (SSSR count). The summed E-state index contributed by atoms with van der Waals surface area (Å²) in [5.41, 5.74) is 3.05. The van der Waals surface area contributed by atoms with Crippen molar-refractivity contribution in [2.75, 3.05) is 20.3 Å². The number of ether oxygens (including phenoxy) is 3. The molecule has 29 heavy (non-hydrogen) atoms. The molecular weight excluding hydrogens is 406 g/mol. The number of carbonyl (C=O) groups is 1. The Labute approximate surface area is 180 Å². The third-order valence-corrected chi connectivity index (χ3v) is 5.46. The van der Waals surface area contributed by atoms with Gasteiger partial charge in [-0.15, -0.1) is 0 Å². The van der Waals surface area contributed by atoms with Crippen molar-refractivity contribution in [2.45, 2.75) is 20.3 Å². The Hall–Kier alpha value is -2.51. The van der Waals surface area contributed by atoms with Crippen molar-refractivity contribution in [1.82, 2.24) is 5.32 Å². The maximum absolute atomic E-state index is 12.0. The van der Waals surface area contributed by atoms with Gasteiger partial charge < -0.3 is 19.5 Å². The lowest BCUT2D eigenvalue weighted by atomic mass is 10.1. The van der Waals surface area contributed by atoms with E-state index in [-0.39, 0.29) is 5.91 Å². The number of thioether (sulfide) groups is 1. The molecule has 1 heterocycles. The van der Waals surface area contributed by atoms with E-state index < -0.39 is 0 Å². The first-order valence-corrected chi connectivity index (χ1v) is 10.4. The van der Waals surface area contributed by atoms with E-state index in [0.717, 1.165) is 16.9 Å². The first kappa shape index (κ1) is 21.2. The number of para-hydroxylation sites is 1. The fourth-order valence-electron chi connectivity index (χ4n) is 2.80. The van der Waals surface area contributed by atoms with E-state index in [1.54, 1.807) is 13.2 Å². The Kier molecular flexibility index (Phi) is 7.17. The Balaban J connectivity index is 1.64. The lowest BCUT2D eigenvalue weighted by Gasteiger charge is -2.14. The summed E-state index contributed by atoms with van der Waals surface area (Å²) in [5.74, 6) is 1.91. The first-order chi connectivity index (χ1) is 14.0. The van der Waals surface area contributed by atoms with E-state index in [9.17, 15) is 4.79 Å². The Morgan fingerprint density at radius 3 is 2.62 bits per heavy atom. The summed E-state index contributed by atoms with van der Waals surface area (Å²) in [6.07, 6.45) is 2.48. The van der Waals surface area contributed by atoms with Crippen LogP contribution in [0.5, 0.6) is 17.2 Å². The van der Waals surface area contributed by atoms with Crippen LogP contribution in [0.1, 0.15) is 23.1 Å². The summed E-state index contributed by atoms with van der Waals surface area (Å²) in [4.78, 5) is 12.5. The van der Waals surface area contributed by atoms with Gasteiger partial charge in [-0.1, -0.05) is 48.2 Å². The number of carbonyl (C=O) groups excluding carboxylic acids is 1. The van der Waals surface area contributed by atoms with E-state index in [2.05, 4.69) is 17.4 Å². The van der Waals surface area contributed by atoms with E-state index >= 15 is 0 Å². The van der Waals surface area contributed by atoms with Crippen molar-refractivity contribution in [1.29, 1.82) is 0 Å². The number of rotatable bonds is 8. The van der Waals surface area contributed by atoms with Crippen molar-refractivity contribution in [3.05, 3.63) is 58.0 Å². The van der Waals surface area contributed by atoms with Gasteiger partial charge in [0.1, 0.15) is 10.1 Å². The number of benzene rings is 2. The van der Waals surface area contributed by atoms with Crippen LogP contribution >= 0.6 is 24.0 Å². The molecule has 0 unspecified atom stereocenters. The molecule has 5 nitrogen and oxygen atoms in total. The monoisotopic (exact) mass is 429 g/mol. The molecule has 1 N–H and O–H groups in total. The summed E-state index contributed by atoms with van der Waals surface area (Å²) in [6, 6.07) is 11.7. The molecule has 2 aromatic carbocycles. The second-order valence-corrected chi connectivity index (χ2v) is 8.27. The summed E-state index contributed by atoms with van der Waals surface area (Å²) in [7, 11) is 1.59. The number of amides is 1. The van der Waals surface area contributed by atoms with Gasteiger partial charge in [-0.05, 0) is 43.2 Å².